The van der Waals surface area contributed by atoms with Crippen LogP contribution in [0.5, 0.6) is 0 Å². The molecule has 4 atom stereocenters. The van der Waals surface area contributed by atoms with Gasteiger partial charge in [-0.25, -0.2) is 15.0 Å². The first-order chi connectivity index (χ1) is 58.0. The average Bonchev–Trinajstić information content (AvgIpc) is 1.58. The predicted octanol–water partition coefficient (Wildman–Crippen LogP) is 29.8. The van der Waals surface area contributed by atoms with E-state index in [2.05, 4.69) is 216 Å². The number of aliphatic imine (C=N–C) groups is 3. The molecule has 12 nitrogen and oxygen atoms in total. The van der Waals surface area contributed by atoms with Gasteiger partial charge in [-0.2, -0.15) is 15.3 Å². The molecule has 0 fully saturated rings. The summed E-state index contributed by atoms with van der Waals surface area (Å²) in [5, 5.41) is 21.1. The maximum Gasteiger partial charge on any atom is 0.134 e. The maximum absolute atomic E-state index is 6.15. The summed E-state index contributed by atoms with van der Waals surface area (Å²) in [6.07, 6.45) is 0. The fourth-order valence-electron chi connectivity index (χ4n) is 11.8. The quantitative estimate of drug-likeness (QED) is 0.0526. The predicted molar refractivity (Wildman–Crippen MR) is 554 cm³/mol. The van der Waals surface area contributed by atoms with E-state index in [0.717, 1.165) is 68.0 Å². The topological polar surface area (TPSA) is 162 Å². The molecule has 3 aliphatic rings. The molecule has 3 heterocycles. The summed E-state index contributed by atoms with van der Waals surface area (Å²) < 4.78 is 0. The normalized spacial score (nSPS) is 15.0. The Labute approximate surface area is 842 Å². The zero-order chi connectivity index (χ0) is 91.2. The number of hydrazone groups is 3. The Hall–Kier alpha value is -6.41. The zero-order valence-electron chi connectivity index (χ0n) is 85.7. The molecule has 3 aliphatic heterocycles. The largest absolute Gasteiger partial charge is 0.358 e. The summed E-state index contributed by atoms with van der Waals surface area (Å²) >= 11 is 0. The molecule has 12 rings (SSSR count). The summed E-state index contributed by atoms with van der Waals surface area (Å²) in [4.78, 5) is 14.4. The van der Waals surface area contributed by atoms with E-state index < -0.39 is 0 Å². The first kappa shape index (κ1) is 143. The molecular formula is C109H179N12Y3-3. The fourth-order valence-corrected chi connectivity index (χ4v) is 11.8. The third kappa shape index (κ3) is 47.6. The monoisotopic (exact) mass is 1920 g/mol. The summed E-state index contributed by atoms with van der Waals surface area (Å²) in [5.41, 5.74) is 31.3. The molecule has 0 aromatic heterocycles. The third-order valence-electron chi connectivity index (χ3n) is 16.9. The minimum Gasteiger partial charge on any atom is -0.358 e. The standard InChI is InChI=1S/C26H28N4.2C25H26N4.15C2H6.3CH3.3Y/c1-20-26(2,23-16-10-5-11-17-23)25(22-14-8-4-9-15-22)29-30(20)24(18-27)28-19-21-12-6-3-7-13-21;2*1-25(22-15-9-4-10-16-22)19-29(28-24(25)21-13-7-3-8-14-21)23(17-26)27-18-20-11-5-2-6-12-20;15*1-2;;;;;;/h3-17,20H,18-19,27H2,1-2H3;2*2-16H,17-19,26H2,1H3;15*1-2H3;3*1H3;;;/q;;;;;;;;;;;;;;;;;;3*-1;;;/t20-,26-;2*25-;;;;;;;;;;;;;;;;;;;;;/m110...................../s1. The Kier molecular flexibility index (Phi) is 111. The van der Waals surface area contributed by atoms with Gasteiger partial charge < -0.3 is 39.5 Å². The van der Waals surface area contributed by atoms with E-state index in [9.17, 15) is 0 Å². The number of nitrogens with two attached hydrogens (primary N) is 3. The van der Waals surface area contributed by atoms with Crippen LogP contribution in [-0.4, -0.2) is 88.4 Å². The van der Waals surface area contributed by atoms with Gasteiger partial charge in [-0.1, -0.05) is 481 Å². The van der Waals surface area contributed by atoms with Gasteiger partial charge in [0.2, 0.25) is 0 Å². The van der Waals surface area contributed by atoms with E-state index in [4.69, 9.17) is 47.5 Å². The molecule has 9 aromatic carbocycles. The van der Waals surface area contributed by atoms with Crippen molar-refractivity contribution in [3.8, 4) is 0 Å². The molecule has 6 N–H and O–H groups in total. The summed E-state index contributed by atoms with van der Waals surface area (Å²) in [6.45, 7) is 73.2. The van der Waals surface area contributed by atoms with Crippen LogP contribution in [0.4, 0.5) is 0 Å². The van der Waals surface area contributed by atoms with Crippen molar-refractivity contribution in [2.24, 2.45) is 47.5 Å². The van der Waals surface area contributed by atoms with E-state index in [0.29, 0.717) is 52.4 Å². The van der Waals surface area contributed by atoms with Crippen LogP contribution in [0.1, 0.15) is 285 Å². The molecule has 15 heteroatoms. The molecule has 0 saturated heterocycles. The fraction of sp³-hybridized carbons (Fsp3) is 0.422. The van der Waals surface area contributed by atoms with Crippen molar-refractivity contribution in [3.05, 3.63) is 345 Å². The number of hydrogen-bond acceptors (Lipinski definition) is 9. The first-order valence-electron chi connectivity index (χ1n) is 45.3. The summed E-state index contributed by atoms with van der Waals surface area (Å²) in [7, 11) is 0. The van der Waals surface area contributed by atoms with Crippen molar-refractivity contribution < 1.29 is 98.1 Å². The number of hydrogen-bond donors (Lipinski definition) is 3. The van der Waals surface area contributed by atoms with Gasteiger partial charge in [0.15, 0.2) is 0 Å². The van der Waals surface area contributed by atoms with Crippen LogP contribution in [0.25, 0.3) is 0 Å². The minimum atomic E-state index is -0.286. The molecular weight excluding hydrogens is 1740 g/mol. The average molecular weight is 1920 g/mol. The van der Waals surface area contributed by atoms with Crippen LogP contribution >= 0.6 is 0 Å². The molecule has 124 heavy (non-hydrogen) atoms. The second kappa shape index (κ2) is 95.7. The van der Waals surface area contributed by atoms with E-state index in [1.165, 1.54) is 16.7 Å². The van der Waals surface area contributed by atoms with Crippen molar-refractivity contribution >= 4 is 34.6 Å². The van der Waals surface area contributed by atoms with Gasteiger partial charge in [-0.3, -0.25) is 15.0 Å². The van der Waals surface area contributed by atoms with Crippen LogP contribution in [0, 0.1) is 22.3 Å². The number of benzene rings is 9. The van der Waals surface area contributed by atoms with E-state index in [1.807, 2.05) is 308 Å². The van der Waals surface area contributed by atoms with Crippen LogP contribution < -0.4 is 17.2 Å². The Morgan fingerprint density at radius 2 is 0.476 bits per heavy atom. The van der Waals surface area contributed by atoms with Crippen LogP contribution in [0.2, 0.25) is 0 Å². The van der Waals surface area contributed by atoms with Gasteiger partial charge in [-0.15, -0.1) is 0 Å². The zero-order valence-corrected chi connectivity index (χ0v) is 94.2. The molecule has 0 aliphatic carbocycles. The third-order valence-corrected chi connectivity index (χ3v) is 16.9. The smallest absolute Gasteiger partial charge is 0.134 e. The van der Waals surface area contributed by atoms with Crippen molar-refractivity contribution in [1.29, 1.82) is 0 Å². The number of rotatable bonds is 15. The molecule has 9 aromatic rings. The van der Waals surface area contributed by atoms with Gasteiger partial charge in [0.25, 0.3) is 0 Å². The van der Waals surface area contributed by atoms with Crippen LogP contribution in [0.15, 0.2) is 303 Å². The molecule has 0 bridgehead atoms. The van der Waals surface area contributed by atoms with Gasteiger partial charge >= 0.3 is 0 Å². The van der Waals surface area contributed by atoms with Crippen molar-refractivity contribution in [2.45, 2.75) is 277 Å². The summed E-state index contributed by atoms with van der Waals surface area (Å²) in [6, 6.07) is 93.6. The summed E-state index contributed by atoms with van der Waals surface area (Å²) in [5.74, 6) is 2.42. The van der Waals surface area contributed by atoms with Crippen molar-refractivity contribution in [3.63, 3.8) is 0 Å². The Morgan fingerprint density at radius 1 is 0.282 bits per heavy atom. The number of nitrogens with zero attached hydrogens (tertiary/aromatic N) is 9. The van der Waals surface area contributed by atoms with E-state index in [-0.39, 0.29) is 143 Å². The maximum atomic E-state index is 6.15. The molecule has 0 unspecified atom stereocenters. The molecule has 0 saturated carbocycles. The van der Waals surface area contributed by atoms with E-state index in [1.54, 1.807) is 0 Å². The van der Waals surface area contributed by atoms with Gasteiger partial charge in [-0.05, 0) is 77.8 Å². The van der Waals surface area contributed by atoms with Crippen LogP contribution in [-0.2, 0) is 134 Å². The number of amidine groups is 3. The molecule has 0 spiro atoms. The molecule has 687 valence electrons. The second-order valence-electron chi connectivity index (χ2n) is 22.8. The Balaban J connectivity index is -0.000000129. The Bertz CT molecular complexity index is 3690. The Morgan fingerprint density at radius 3 is 0.702 bits per heavy atom. The minimum absolute atomic E-state index is 0. The van der Waals surface area contributed by atoms with E-state index >= 15 is 0 Å². The van der Waals surface area contributed by atoms with Crippen LogP contribution in [0.3, 0.4) is 0 Å². The first-order valence-corrected chi connectivity index (χ1v) is 45.3. The van der Waals surface area contributed by atoms with Gasteiger partial charge in [0, 0.05) is 98.1 Å². The second-order valence-corrected chi connectivity index (χ2v) is 22.8. The van der Waals surface area contributed by atoms with Gasteiger partial charge in [0.05, 0.1) is 91.8 Å². The van der Waals surface area contributed by atoms with Crippen molar-refractivity contribution in [2.75, 3.05) is 32.7 Å². The molecule has 3 radical (unpaired) electrons. The van der Waals surface area contributed by atoms with Crippen molar-refractivity contribution in [1.82, 2.24) is 15.0 Å². The van der Waals surface area contributed by atoms with Gasteiger partial charge in [0.1, 0.15) is 17.5 Å². The molecule has 0 amide bonds. The SMILES string of the molecule is CC.CC.CC.CC.CC.CC.CC.CC.CC.CC.CC.CC.CC.CC.CC.C[C@@]1(c2ccccc2)CN(C(CN)=NCc2ccccc2)N=C1c1ccccc1.C[C@H]1N(C(CN)=NCc2ccccc2)N=C(c2ccccc2)[C@@]1(C)c1ccccc1.C[C@]1(c2ccccc2)CN(C(CN)=NCc2ccccc2)N=C1c1ccccc1.[CH3-].[CH3-].[CH3-].[Y].[Y].[Y].